The molecule has 1 saturated heterocycles. The van der Waals surface area contributed by atoms with E-state index in [0.717, 1.165) is 39.3 Å². The van der Waals surface area contributed by atoms with Gasteiger partial charge in [0.05, 0.1) is 24.1 Å². The summed E-state index contributed by atoms with van der Waals surface area (Å²) in [7, 11) is 1.34. The minimum atomic E-state index is -0.410. The standard InChI is InChI=1S/C21H18N2O4S/c1-5-9-22-19(24)18(28-21(22)26)12-16-10-13(2)23(14(16)3)17-8-6-7-15(11-17)20(25)27-4/h1,6-8,10-12H,9H2,2-4H3/b18-12+. The number of ether oxygens (including phenoxy) is 1. The summed E-state index contributed by atoms with van der Waals surface area (Å²) in [6, 6.07) is 9.03. The molecule has 1 aromatic carbocycles. The Labute approximate surface area is 167 Å². The lowest BCUT2D eigenvalue weighted by Gasteiger charge is -2.11. The van der Waals surface area contributed by atoms with Crippen LogP contribution in [0.1, 0.15) is 27.3 Å². The molecule has 2 aromatic rings. The summed E-state index contributed by atoms with van der Waals surface area (Å²) >= 11 is 0.878. The van der Waals surface area contributed by atoms with Crippen molar-refractivity contribution in [2.24, 2.45) is 0 Å². The lowest BCUT2D eigenvalue weighted by molar-refractivity contribution is -0.122. The van der Waals surface area contributed by atoms with Gasteiger partial charge in [0.15, 0.2) is 0 Å². The molecule has 0 saturated carbocycles. The Hall–Kier alpha value is -3.24. The van der Waals surface area contributed by atoms with Gasteiger partial charge < -0.3 is 9.30 Å². The molecule has 142 valence electrons. The fourth-order valence-corrected chi connectivity index (χ4v) is 3.92. The lowest BCUT2D eigenvalue weighted by atomic mass is 10.2. The van der Waals surface area contributed by atoms with Gasteiger partial charge in [0.1, 0.15) is 0 Å². The van der Waals surface area contributed by atoms with Crippen LogP contribution in [0.4, 0.5) is 4.79 Å². The molecule has 7 heteroatoms. The number of carbonyl (C=O) groups excluding carboxylic acids is 3. The predicted octanol–water partition coefficient (Wildman–Crippen LogP) is 3.55. The Morgan fingerprint density at radius 3 is 2.71 bits per heavy atom. The van der Waals surface area contributed by atoms with Crippen molar-refractivity contribution in [3.8, 4) is 18.0 Å². The smallest absolute Gasteiger partial charge is 0.337 e. The van der Waals surface area contributed by atoms with Crippen molar-refractivity contribution in [2.45, 2.75) is 13.8 Å². The quantitative estimate of drug-likeness (QED) is 0.451. The highest BCUT2D eigenvalue weighted by Crippen LogP contribution is 2.33. The van der Waals surface area contributed by atoms with Gasteiger partial charge in [-0.1, -0.05) is 12.0 Å². The molecule has 28 heavy (non-hydrogen) atoms. The minimum Gasteiger partial charge on any atom is -0.465 e. The second-order valence-electron chi connectivity index (χ2n) is 6.18. The van der Waals surface area contributed by atoms with Gasteiger partial charge in [-0.15, -0.1) is 6.42 Å². The number of nitrogens with zero attached hydrogens (tertiary/aromatic N) is 2. The number of carbonyl (C=O) groups is 3. The van der Waals surface area contributed by atoms with Crippen LogP contribution in [-0.2, 0) is 9.53 Å². The molecule has 0 aliphatic carbocycles. The van der Waals surface area contributed by atoms with E-state index in [1.54, 1.807) is 24.3 Å². The molecule has 0 spiro atoms. The first kappa shape index (κ1) is 19.5. The number of amides is 2. The van der Waals surface area contributed by atoms with Crippen molar-refractivity contribution in [1.29, 1.82) is 0 Å². The fraction of sp³-hybridized carbons (Fsp3) is 0.190. The number of methoxy groups -OCH3 is 1. The maximum Gasteiger partial charge on any atom is 0.337 e. The van der Waals surface area contributed by atoms with Crippen LogP contribution in [0.5, 0.6) is 0 Å². The van der Waals surface area contributed by atoms with Crippen molar-refractivity contribution in [2.75, 3.05) is 13.7 Å². The molecule has 0 bridgehead atoms. The molecule has 1 fully saturated rings. The maximum atomic E-state index is 12.4. The monoisotopic (exact) mass is 394 g/mol. The third-order valence-corrected chi connectivity index (χ3v) is 5.31. The van der Waals surface area contributed by atoms with Crippen LogP contribution in [0.2, 0.25) is 0 Å². The molecule has 0 atom stereocenters. The number of esters is 1. The zero-order valence-corrected chi connectivity index (χ0v) is 16.5. The first-order valence-corrected chi connectivity index (χ1v) is 9.25. The number of hydrogen-bond acceptors (Lipinski definition) is 5. The van der Waals surface area contributed by atoms with E-state index >= 15 is 0 Å². The largest absolute Gasteiger partial charge is 0.465 e. The van der Waals surface area contributed by atoms with E-state index in [1.807, 2.05) is 30.5 Å². The second-order valence-corrected chi connectivity index (χ2v) is 7.17. The van der Waals surface area contributed by atoms with Gasteiger partial charge in [0, 0.05) is 17.1 Å². The van der Waals surface area contributed by atoms with E-state index in [9.17, 15) is 14.4 Å². The Bertz CT molecular complexity index is 1060. The summed E-state index contributed by atoms with van der Waals surface area (Å²) in [4.78, 5) is 37.6. The average molecular weight is 394 g/mol. The molecule has 2 heterocycles. The van der Waals surface area contributed by atoms with Crippen molar-refractivity contribution in [3.63, 3.8) is 0 Å². The number of hydrogen-bond donors (Lipinski definition) is 0. The van der Waals surface area contributed by atoms with Gasteiger partial charge in [-0.25, -0.2) is 4.79 Å². The Balaban J connectivity index is 2.00. The first-order chi connectivity index (χ1) is 13.4. The number of thioether (sulfide) groups is 1. The summed E-state index contributed by atoms with van der Waals surface area (Å²) in [5.41, 5.74) is 3.87. The van der Waals surface area contributed by atoms with Crippen molar-refractivity contribution >= 4 is 35.0 Å². The van der Waals surface area contributed by atoms with Gasteiger partial charge in [-0.3, -0.25) is 14.5 Å². The summed E-state index contributed by atoms with van der Waals surface area (Å²) in [5.74, 6) is 1.53. The van der Waals surface area contributed by atoms with Crippen LogP contribution in [-0.4, -0.2) is 40.2 Å². The number of aromatic nitrogens is 1. The molecule has 0 radical (unpaired) electrons. The Kier molecular flexibility index (Phi) is 5.43. The normalized spacial score (nSPS) is 15.2. The van der Waals surface area contributed by atoms with Gasteiger partial charge in [0.25, 0.3) is 11.1 Å². The summed E-state index contributed by atoms with van der Waals surface area (Å²) in [6.45, 7) is 3.80. The number of benzene rings is 1. The molecular formula is C21H18N2O4S. The van der Waals surface area contributed by atoms with Gasteiger partial charge in [-0.05, 0) is 61.5 Å². The highest BCUT2D eigenvalue weighted by atomic mass is 32.2. The number of terminal acetylenes is 1. The third-order valence-electron chi connectivity index (χ3n) is 4.41. The molecule has 0 N–H and O–H groups in total. The number of aryl methyl sites for hydroxylation is 1. The topological polar surface area (TPSA) is 68.6 Å². The maximum absolute atomic E-state index is 12.4. The van der Waals surface area contributed by atoms with E-state index in [4.69, 9.17) is 11.2 Å². The first-order valence-electron chi connectivity index (χ1n) is 8.44. The molecule has 1 aliphatic heterocycles. The van der Waals surface area contributed by atoms with Crippen LogP contribution >= 0.6 is 11.8 Å². The molecule has 2 amide bonds. The van der Waals surface area contributed by atoms with Crippen LogP contribution in [0.3, 0.4) is 0 Å². The molecule has 3 rings (SSSR count). The summed E-state index contributed by atoms with van der Waals surface area (Å²) in [6.07, 6.45) is 6.92. The zero-order valence-electron chi connectivity index (χ0n) is 15.7. The van der Waals surface area contributed by atoms with Crippen LogP contribution in [0.15, 0.2) is 35.2 Å². The Morgan fingerprint density at radius 2 is 2.04 bits per heavy atom. The number of rotatable bonds is 4. The van der Waals surface area contributed by atoms with Gasteiger partial charge in [-0.2, -0.15) is 0 Å². The fourth-order valence-electron chi connectivity index (χ4n) is 3.09. The number of imide groups is 1. The second kappa shape index (κ2) is 7.79. The summed E-state index contributed by atoms with van der Waals surface area (Å²) in [5, 5.41) is -0.367. The van der Waals surface area contributed by atoms with Crippen LogP contribution in [0.25, 0.3) is 11.8 Å². The third kappa shape index (κ3) is 3.47. The lowest BCUT2D eigenvalue weighted by Crippen LogP contribution is -2.28. The van der Waals surface area contributed by atoms with Gasteiger partial charge in [0.2, 0.25) is 0 Å². The highest BCUT2D eigenvalue weighted by molar-refractivity contribution is 8.18. The molecule has 0 unspecified atom stereocenters. The predicted molar refractivity (Wildman–Crippen MR) is 108 cm³/mol. The van der Waals surface area contributed by atoms with E-state index < -0.39 is 5.97 Å². The Morgan fingerprint density at radius 1 is 1.29 bits per heavy atom. The van der Waals surface area contributed by atoms with E-state index in [-0.39, 0.29) is 17.7 Å². The van der Waals surface area contributed by atoms with Gasteiger partial charge >= 0.3 is 5.97 Å². The average Bonchev–Trinajstić information content (AvgIpc) is 3.11. The van der Waals surface area contributed by atoms with Crippen molar-refractivity contribution < 1.29 is 19.1 Å². The van der Waals surface area contributed by atoms with Crippen molar-refractivity contribution in [1.82, 2.24) is 9.47 Å². The molecule has 6 nitrogen and oxygen atoms in total. The summed E-state index contributed by atoms with van der Waals surface area (Å²) < 4.78 is 6.76. The molecular weight excluding hydrogens is 376 g/mol. The van der Waals surface area contributed by atoms with E-state index in [2.05, 4.69) is 5.92 Å². The van der Waals surface area contributed by atoms with E-state index in [1.165, 1.54) is 7.11 Å². The SMILES string of the molecule is C#CCN1C(=O)S/C(=C/c2cc(C)n(-c3cccc(C(=O)OC)c3)c2C)C1=O. The highest BCUT2D eigenvalue weighted by Gasteiger charge is 2.34. The van der Waals surface area contributed by atoms with Crippen LogP contribution in [0, 0.1) is 26.2 Å². The zero-order chi connectivity index (χ0) is 20.4. The minimum absolute atomic E-state index is 0.0403. The molecule has 1 aliphatic rings. The molecule has 1 aromatic heterocycles. The van der Waals surface area contributed by atoms with Crippen molar-refractivity contribution in [3.05, 3.63) is 57.8 Å². The van der Waals surface area contributed by atoms with Crippen LogP contribution < -0.4 is 0 Å². The van der Waals surface area contributed by atoms with E-state index in [0.29, 0.717) is 10.5 Å².